The van der Waals surface area contributed by atoms with Gasteiger partial charge in [-0.2, -0.15) is 0 Å². The molecule has 1 fully saturated rings. The van der Waals surface area contributed by atoms with E-state index in [0.717, 1.165) is 19.3 Å². The van der Waals surface area contributed by atoms with Gasteiger partial charge in [0.25, 0.3) is 0 Å². The van der Waals surface area contributed by atoms with Crippen molar-refractivity contribution in [2.75, 3.05) is 19.7 Å². The van der Waals surface area contributed by atoms with E-state index >= 15 is 0 Å². The molecule has 1 atom stereocenters. The van der Waals surface area contributed by atoms with Crippen molar-refractivity contribution >= 4 is 6.03 Å². The fourth-order valence-electron chi connectivity index (χ4n) is 2.24. The van der Waals surface area contributed by atoms with Gasteiger partial charge in [-0.1, -0.05) is 0 Å². The Morgan fingerprint density at radius 1 is 1.50 bits per heavy atom. The van der Waals surface area contributed by atoms with Gasteiger partial charge in [0.15, 0.2) is 0 Å². The zero-order chi connectivity index (χ0) is 12.0. The molecule has 6 heteroatoms. The number of carbonyl (C=O) groups is 1. The van der Waals surface area contributed by atoms with Crippen molar-refractivity contribution in [3.05, 3.63) is 0 Å². The van der Waals surface area contributed by atoms with Crippen LogP contribution in [0.4, 0.5) is 4.79 Å². The number of carbonyl (C=O) groups excluding carboxylic acids is 1. The van der Waals surface area contributed by atoms with E-state index in [1.807, 2.05) is 0 Å². The van der Waals surface area contributed by atoms with Crippen LogP contribution in [0.5, 0.6) is 0 Å². The van der Waals surface area contributed by atoms with Crippen molar-refractivity contribution in [1.29, 1.82) is 0 Å². The van der Waals surface area contributed by atoms with Crippen LogP contribution in [0.2, 0.25) is 0 Å². The van der Waals surface area contributed by atoms with E-state index in [4.69, 9.17) is 16.0 Å². The van der Waals surface area contributed by atoms with Gasteiger partial charge in [-0.25, -0.2) is 10.3 Å². The molecule has 0 aromatic heterocycles. The van der Waals surface area contributed by atoms with Crippen LogP contribution in [-0.2, 0) is 0 Å². The van der Waals surface area contributed by atoms with Gasteiger partial charge in [0, 0.05) is 25.7 Å². The number of primary amides is 1. The van der Waals surface area contributed by atoms with Crippen LogP contribution in [0.1, 0.15) is 25.7 Å². The van der Waals surface area contributed by atoms with Gasteiger partial charge in [0.05, 0.1) is 0 Å². The van der Waals surface area contributed by atoms with Crippen molar-refractivity contribution < 1.29 is 15.1 Å². The minimum absolute atomic E-state index is 0.00202. The normalized spacial score (nSPS) is 19.8. The SMILES string of the molecule is NC(=O)N1CCC(C(CCCO)NO)CC1. The maximum Gasteiger partial charge on any atom is 0.314 e. The molecule has 1 rings (SSSR count). The van der Waals surface area contributed by atoms with Crippen LogP contribution in [0, 0.1) is 5.92 Å². The molecule has 1 unspecified atom stereocenters. The van der Waals surface area contributed by atoms with Crippen LogP contribution >= 0.6 is 0 Å². The van der Waals surface area contributed by atoms with E-state index in [1.165, 1.54) is 0 Å². The number of hydrogen-bond donors (Lipinski definition) is 4. The summed E-state index contributed by atoms with van der Waals surface area (Å²) < 4.78 is 0. The lowest BCUT2D eigenvalue weighted by Gasteiger charge is -2.34. The summed E-state index contributed by atoms with van der Waals surface area (Å²) in [4.78, 5) is 12.5. The van der Waals surface area contributed by atoms with Gasteiger partial charge >= 0.3 is 6.03 Å². The van der Waals surface area contributed by atoms with Gasteiger partial charge < -0.3 is 20.9 Å². The van der Waals surface area contributed by atoms with Gasteiger partial charge in [0.1, 0.15) is 0 Å². The number of hydrogen-bond acceptors (Lipinski definition) is 4. The minimum atomic E-state index is -0.373. The summed E-state index contributed by atoms with van der Waals surface area (Å²) in [5, 5.41) is 17.8. The van der Waals surface area contributed by atoms with E-state index in [0.29, 0.717) is 25.4 Å². The summed E-state index contributed by atoms with van der Waals surface area (Å²) in [6, 6.07) is -0.371. The van der Waals surface area contributed by atoms with Crippen LogP contribution in [-0.4, -0.2) is 47.0 Å². The molecule has 1 aliphatic rings. The Morgan fingerprint density at radius 2 is 2.12 bits per heavy atom. The number of nitrogens with zero attached hydrogens (tertiary/aromatic N) is 1. The highest BCUT2D eigenvalue weighted by Crippen LogP contribution is 2.22. The number of piperidine rings is 1. The van der Waals surface area contributed by atoms with Crippen molar-refractivity contribution in [3.63, 3.8) is 0 Å². The largest absolute Gasteiger partial charge is 0.396 e. The zero-order valence-corrected chi connectivity index (χ0v) is 9.43. The average Bonchev–Trinajstić information content (AvgIpc) is 2.30. The molecule has 1 saturated heterocycles. The smallest absolute Gasteiger partial charge is 0.314 e. The van der Waals surface area contributed by atoms with E-state index < -0.39 is 0 Å². The lowest BCUT2D eigenvalue weighted by Crippen LogP contribution is -2.46. The van der Waals surface area contributed by atoms with Gasteiger partial charge in [-0.05, 0) is 31.6 Å². The zero-order valence-electron chi connectivity index (χ0n) is 9.43. The molecule has 16 heavy (non-hydrogen) atoms. The van der Waals surface area contributed by atoms with Crippen molar-refractivity contribution in [1.82, 2.24) is 10.4 Å². The quantitative estimate of drug-likeness (QED) is 0.496. The number of likely N-dealkylation sites (tertiary alicyclic amines) is 1. The van der Waals surface area contributed by atoms with E-state index in [-0.39, 0.29) is 18.7 Å². The Bertz CT molecular complexity index is 217. The maximum absolute atomic E-state index is 10.9. The molecule has 0 aromatic carbocycles. The highest BCUT2D eigenvalue weighted by atomic mass is 16.5. The second-order valence-electron chi connectivity index (χ2n) is 4.26. The molecule has 1 heterocycles. The Morgan fingerprint density at radius 3 is 2.56 bits per heavy atom. The maximum atomic E-state index is 10.9. The summed E-state index contributed by atoms with van der Waals surface area (Å²) in [5.74, 6) is 0.340. The molecule has 0 spiro atoms. The van der Waals surface area contributed by atoms with Crippen LogP contribution in [0.15, 0.2) is 0 Å². The first kappa shape index (κ1) is 13.2. The number of urea groups is 1. The lowest BCUT2D eigenvalue weighted by atomic mass is 9.87. The average molecular weight is 231 g/mol. The number of nitrogens with one attached hydrogen (secondary N) is 1. The lowest BCUT2D eigenvalue weighted by molar-refractivity contribution is 0.0665. The van der Waals surface area contributed by atoms with Crippen LogP contribution < -0.4 is 11.2 Å². The first-order valence-corrected chi connectivity index (χ1v) is 5.74. The van der Waals surface area contributed by atoms with Crippen LogP contribution in [0.25, 0.3) is 0 Å². The number of rotatable bonds is 5. The van der Waals surface area contributed by atoms with Crippen molar-refractivity contribution in [2.24, 2.45) is 11.7 Å². The number of amides is 2. The molecular weight excluding hydrogens is 210 g/mol. The molecule has 5 N–H and O–H groups in total. The fraction of sp³-hybridized carbons (Fsp3) is 0.900. The molecule has 0 saturated carbocycles. The van der Waals surface area contributed by atoms with Crippen molar-refractivity contribution in [2.45, 2.75) is 31.7 Å². The summed E-state index contributed by atoms with van der Waals surface area (Å²) in [6.45, 7) is 1.44. The van der Waals surface area contributed by atoms with E-state index in [2.05, 4.69) is 5.48 Å². The molecule has 0 radical (unpaired) electrons. The van der Waals surface area contributed by atoms with Gasteiger partial charge in [-0.15, -0.1) is 0 Å². The van der Waals surface area contributed by atoms with E-state index in [1.54, 1.807) is 4.90 Å². The molecule has 6 nitrogen and oxygen atoms in total. The summed E-state index contributed by atoms with van der Waals surface area (Å²) in [5.41, 5.74) is 7.50. The fourth-order valence-corrected chi connectivity index (χ4v) is 2.24. The predicted octanol–water partition coefficient (Wildman–Crippen LogP) is -0.103. The second-order valence-corrected chi connectivity index (χ2v) is 4.26. The Hall–Kier alpha value is -0.850. The molecule has 0 bridgehead atoms. The molecular formula is C10H21N3O3. The Kier molecular flexibility index (Phi) is 5.51. The number of nitrogens with two attached hydrogens (primary N) is 1. The van der Waals surface area contributed by atoms with Crippen LogP contribution in [0.3, 0.4) is 0 Å². The Balaban J connectivity index is 2.35. The highest BCUT2D eigenvalue weighted by molar-refractivity contribution is 5.72. The summed E-state index contributed by atoms with van der Waals surface area (Å²) >= 11 is 0. The molecule has 0 aliphatic carbocycles. The highest BCUT2D eigenvalue weighted by Gasteiger charge is 2.27. The number of aliphatic hydroxyl groups is 1. The third-order valence-electron chi connectivity index (χ3n) is 3.26. The van der Waals surface area contributed by atoms with Gasteiger partial charge in [-0.3, -0.25) is 0 Å². The van der Waals surface area contributed by atoms with Gasteiger partial charge in [0.2, 0.25) is 0 Å². The van der Waals surface area contributed by atoms with Crippen molar-refractivity contribution in [3.8, 4) is 0 Å². The second kappa shape index (κ2) is 6.67. The topological polar surface area (TPSA) is 98.8 Å². The molecule has 1 aliphatic heterocycles. The minimum Gasteiger partial charge on any atom is -0.396 e. The third kappa shape index (κ3) is 3.62. The summed E-state index contributed by atoms with van der Waals surface area (Å²) in [7, 11) is 0. The molecule has 2 amide bonds. The molecule has 94 valence electrons. The van der Waals surface area contributed by atoms with E-state index in [9.17, 15) is 4.79 Å². The standard InChI is InChI=1S/C10H21N3O3/c11-10(15)13-5-3-8(4-6-13)9(12-16)2-1-7-14/h8-9,12,14,16H,1-7H2,(H2,11,15). The first-order chi connectivity index (χ1) is 7.69. The number of hydroxylamine groups is 1. The predicted molar refractivity (Wildman–Crippen MR) is 58.9 cm³/mol. The third-order valence-corrected chi connectivity index (χ3v) is 3.26. The number of aliphatic hydroxyl groups excluding tert-OH is 1. The Labute approximate surface area is 95.4 Å². The first-order valence-electron chi connectivity index (χ1n) is 5.74. The molecule has 0 aromatic rings. The summed E-state index contributed by atoms with van der Waals surface area (Å²) in [6.07, 6.45) is 3.10. The monoisotopic (exact) mass is 231 g/mol.